The Morgan fingerprint density at radius 3 is 3.22 bits per heavy atom. The summed E-state index contributed by atoms with van der Waals surface area (Å²) in [6.45, 7) is 0. The zero-order chi connectivity index (χ0) is 6.10. The number of allylic oxidation sites excluding steroid dienone is 1. The van der Waals surface area contributed by atoms with Gasteiger partial charge in [0.1, 0.15) is 0 Å². The largest absolute Gasteiger partial charge is 0.129 e. The van der Waals surface area contributed by atoms with Gasteiger partial charge in [0.05, 0.1) is 0 Å². The predicted molar refractivity (Wildman–Crippen MR) is 38.1 cm³/mol. The van der Waals surface area contributed by atoms with Crippen LogP contribution in [0.2, 0.25) is 0 Å². The average molecular weight is 120 g/mol. The summed E-state index contributed by atoms with van der Waals surface area (Å²) in [5.41, 5.74) is 3.21. The van der Waals surface area contributed by atoms with Crippen molar-refractivity contribution in [2.45, 2.75) is 25.7 Å². The van der Waals surface area contributed by atoms with E-state index >= 15 is 0 Å². The molecule has 0 spiro atoms. The maximum Gasteiger partial charge on any atom is -0.0126 e. The molecule has 0 heteroatoms. The van der Waals surface area contributed by atoms with Crippen LogP contribution in [0, 0.1) is 11.8 Å². The molecule has 0 aromatic rings. The molecule has 0 aromatic heterocycles. The van der Waals surface area contributed by atoms with Crippen LogP contribution in [0.1, 0.15) is 25.7 Å². The van der Waals surface area contributed by atoms with Crippen molar-refractivity contribution in [1.82, 2.24) is 0 Å². The van der Waals surface area contributed by atoms with Crippen LogP contribution in [0.3, 0.4) is 0 Å². The fourth-order valence-electron chi connectivity index (χ4n) is 1.99. The Morgan fingerprint density at radius 1 is 1.33 bits per heavy atom. The number of rotatable bonds is 0. The van der Waals surface area contributed by atoms with Crippen LogP contribution in [0.4, 0.5) is 0 Å². The Kier molecular flexibility index (Phi) is 1.20. The molecule has 0 aromatic carbocycles. The summed E-state index contributed by atoms with van der Waals surface area (Å²) in [6, 6.07) is 0. The van der Waals surface area contributed by atoms with Crippen molar-refractivity contribution < 1.29 is 0 Å². The third-order valence-corrected chi connectivity index (χ3v) is 2.57. The monoisotopic (exact) mass is 120 g/mol. The fourth-order valence-corrected chi connectivity index (χ4v) is 1.99. The molecule has 0 N–H and O–H groups in total. The van der Waals surface area contributed by atoms with Crippen molar-refractivity contribution in [2.24, 2.45) is 11.8 Å². The molecular formula is C9H12. The van der Waals surface area contributed by atoms with Crippen molar-refractivity contribution in [3.8, 4) is 0 Å². The number of hydrogen-bond acceptors (Lipinski definition) is 0. The lowest BCUT2D eigenvalue weighted by molar-refractivity contribution is 0.457. The highest BCUT2D eigenvalue weighted by atomic mass is 14.3. The molecule has 2 atom stereocenters. The Bertz CT molecular complexity index is 161. The Labute approximate surface area is 56.3 Å². The first-order valence-corrected chi connectivity index (χ1v) is 3.88. The van der Waals surface area contributed by atoms with E-state index in [1.165, 1.54) is 25.7 Å². The molecule has 0 aliphatic heterocycles. The summed E-state index contributed by atoms with van der Waals surface area (Å²) >= 11 is 0. The standard InChI is InChI=1S/C9H12/c1-2-5-9-7-3-6-8(9)4-1/h1,5,8-9H,3-4,6-7H2. The van der Waals surface area contributed by atoms with E-state index in [9.17, 15) is 0 Å². The third kappa shape index (κ3) is 0.840. The van der Waals surface area contributed by atoms with E-state index in [1.807, 2.05) is 0 Å². The minimum Gasteiger partial charge on any atom is -0.129 e. The first-order chi connectivity index (χ1) is 4.47. The quantitative estimate of drug-likeness (QED) is 0.431. The van der Waals surface area contributed by atoms with Crippen molar-refractivity contribution in [2.75, 3.05) is 0 Å². The fraction of sp³-hybridized carbons (Fsp3) is 0.667. The topological polar surface area (TPSA) is 0 Å². The summed E-state index contributed by atoms with van der Waals surface area (Å²) in [6.07, 6.45) is 10.1. The van der Waals surface area contributed by atoms with Gasteiger partial charge in [0.2, 0.25) is 0 Å². The highest BCUT2D eigenvalue weighted by Crippen LogP contribution is 2.36. The summed E-state index contributed by atoms with van der Waals surface area (Å²) in [4.78, 5) is 0. The molecule has 1 fully saturated rings. The van der Waals surface area contributed by atoms with Gasteiger partial charge in [0.15, 0.2) is 0 Å². The van der Waals surface area contributed by atoms with Crippen LogP contribution in [0.25, 0.3) is 0 Å². The van der Waals surface area contributed by atoms with Gasteiger partial charge in [0, 0.05) is 0 Å². The summed E-state index contributed by atoms with van der Waals surface area (Å²) < 4.78 is 0. The minimum atomic E-state index is 0.898. The third-order valence-electron chi connectivity index (χ3n) is 2.57. The lowest BCUT2D eigenvalue weighted by atomic mass is 9.90. The molecular weight excluding hydrogens is 108 g/mol. The smallest absolute Gasteiger partial charge is 0.0126 e. The van der Waals surface area contributed by atoms with Gasteiger partial charge in [-0.15, -0.1) is 5.73 Å². The average Bonchev–Trinajstić information content (AvgIpc) is 2.33. The molecule has 1 saturated carbocycles. The number of hydrogen-bond donors (Lipinski definition) is 0. The lowest BCUT2D eigenvalue weighted by Crippen LogP contribution is -2.05. The van der Waals surface area contributed by atoms with Crippen LogP contribution in [-0.2, 0) is 0 Å². The van der Waals surface area contributed by atoms with Crippen molar-refractivity contribution >= 4 is 0 Å². The first-order valence-electron chi connectivity index (χ1n) is 3.88. The Balaban J connectivity index is 2.18. The van der Waals surface area contributed by atoms with E-state index < -0.39 is 0 Å². The molecule has 0 amide bonds. The Hall–Kier alpha value is -0.480. The zero-order valence-electron chi connectivity index (χ0n) is 5.64. The van der Waals surface area contributed by atoms with Crippen LogP contribution >= 0.6 is 0 Å². The van der Waals surface area contributed by atoms with Gasteiger partial charge in [-0.2, -0.15) is 0 Å². The van der Waals surface area contributed by atoms with E-state index in [-0.39, 0.29) is 0 Å². The second kappa shape index (κ2) is 2.04. The van der Waals surface area contributed by atoms with Gasteiger partial charge >= 0.3 is 0 Å². The van der Waals surface area contributed by atoms with Crippen LogP contribution in [0.15, 0.2) is 17.9 Å². The van der Waals surface area contributed by atoms with E-state index in [1.54, 1.807) is 0 Å². The molecule has 0 saturated heterocycles. The second-order valence-corrected chi connectivity index (χ2v) is 3.13. The van der Waals surface area contributed by atoms with Gasteiger partial charge in [-0.1, -0.05) is 6.42 Å². The van der Waals surface area contributed by atoms with Crippen LogP contribution in [0.5, 0.6) is 0 Å². The highest BCUT2D eigenvalue weighted by molar-refractivity contribution is 5.02. The molecule has 2 rings (SSSR count). The SMILES string of the molecule is C1=CCC2CCCC2C=1. The van der Waals surface area contributed by atoms with E-state index in [0.29, 0.717) is 0 Å². The van der Waals surface area contributed by atoms with E-state index in [4.69, 9.17) is 0 Å². The maximum absolute atomic E-state index is 3.21. The molecule has 48 valence electrons. The molecule has 2 aliphatic rings. The summed E-state index contributed by atoms with van der Waals surface area (Å²) in [7, 11) is 0. The maximum atomic E-state index is 3.21. The van der Waals surface area contributed by atoms with Crippen molar-refractivity contribution in [3.63, 3.8) is 0 Å². The number of fused-ring (bicyclic) bond motifs is 1. The lowest BCUT2D eigenvalue weighted by Gasteiger charge is -2.14. The normalized spacial score (nSPS) is 39.1. The predicted octanol–water partition coefficient (Wildman–Crippen LogP) is 2.52. The van der Waals surface area contributed by atoms with Gasteiger partial charge in [-0.05, 0) is 43.3 Å². The van der Waals surface area contributed by atoms with Gasteiger partial charge < -0.3 is 0 Å². The van der Waals surface area contributed by atoms with Gasteiger partial charge in [-0.25, -0.2) is 0 Å². The van der Waals surface area contributed by atoms with E-state index in [2.05, 4.69) is 17.9 Å². The highest BCUT2D eigenvalue weighted by Gasteiger charge is 2.24. The first kappa shape index (κ1) is 5.32. The molecule has 0 nitrogen and oxygen atoms in total. The van der Waals surface area contributed by atoms with Crippen molar-refractivity contribution in [3.05, 3.63) is 17.9 Å². The van der Waals surface area contributed by atoms with Gasteiger partial charge in [0.25, 0.3) is 0 Å². The molecule has 0 bridgehead atoms. The van der Waals surface area contributed by atoms with Crippen LogP contribution in [-0.4, -0.2) is 0 Å². The van der Waals surface area contributed by atoms with E-state index in [0.717, 1.165) is 11.8 Å². The Morgan fingerprint density at radius 2 is 2.33 bits per heavy atom. The van der Waals surface area contributed by atoms with Crippen LogP contribution < -0.4 is 0 Å². The summed E-state index contributed by atoms with van der Waals surface area (Å²) in [5, 5.41) is 0. The van der Waals surface area contributed by atoms with Gasteiger partial charge in [-0.3, -0.25) is 0 Å². The summed E-state index contributed by atoms with van der Waals surface area (Å²) in [5.74, 6) is 1.89. The van der Waals surface area contributed by atoms with Crippen molar-refractivity contribution in [1.29, 1.82) is 0 Å². The molecule has 2 unspecified atom stereocenters. The molecule has 2 aliphatic carbocycles. The molecule has 0 heterocycles. The minimum absolute atomic E-state index is 0.898. The zero-order valence-corrected chi connectivity index (χ0v) is 5.64. The molecule has 9 heavy (non-hydrogen) atoms. The second-order valence-electron chi connectivity index (χ2n) is 3.13. The molecule has 0 radical (unpaired) electrons.